The van der Waals surface area contributed by atoms with Gasteiger partial charge in [0.15, 0.2) is 5.69 Å². The molecule has 2 heterocycles. The fraction of sp³-hybridized carbons (Fsp3) is 0.115. The summed E-state index contributed by atoms with van der Waals surface area (Å²) in [6.07, 6.45) is 0. The predicted molar refractivity (Wildman–Crippen MR) is 136 cm³/mol. The first-order valence-electron chi connectivity index (χ1n) is 10.7. The Kier molecular flexibility index (Phi) is 5.66. The minimum absolute atomic E-state index is 0.103. The summed E-state index contributed by atoms with van der Waals surface area (Å²) in [6, 6.07) is 19.4. The fourth-order valence-corrected chi connectivity index (χ4v) is 4.44. The van der Waals surface area contributed by atoms with E-state index in [9.17, 15) is 9.59 Å². The molecule has 0 saturated heterocycles. The number of methoxy groups -OCH3 is 2. The summed E-state index contributed by atoms with van der Waals surface area (Å²) >= 11 is 6.32. The van der Waals surface area contributed by atoms with Crippen LogP contribution in [0, 0.1) is 0 Å². The van der Waals surface area contributed by atoms with Gasteiger partial charge < -0.3 is 19.4 Å². The number of nitrogens with zero attached hydrogens (tertiary/aromatic N) is 3. The first kappa shape index (κ1) is 22.5. The van der Waals surface area contributed by atoms with Crippen LogP contribution in [-0.4, -0.2) is 34.5 Å². The molecule has 0 aliphatic rings. The first-order chi connectivity index (χ1) is 16.9. The van der Waals surface area contributed by atoms with Crippen molar-refractivity contribution >= 4 is 45.0 Å². The van der Waals surface area contributed by atoms with Crippen LogP contribution in [0.25, 0.3) is 27.5 Å². The molecule has 0 fully saturated rings. The van der Waals surface area contributed by atoms with E-state index in [0.29, 0.717) is 38.8 Å². The minimum atomic E-state index is -0.465. The van der Waals surface area contributed by atoms with E-state index in [1.165, 1.54) is 11.8 Å². The van der Waals surface area contributed by atoms with E-state index in [4.69, 9.17) is 21.1 Å². The molecule has 1 amide bonds. The zero-order chi connectivity index (χ0) is 24.7. The number of carbonyl (C=O) groups is 1. The Morgan fingerprint density at radius 2 is 1.80 bits per heavy atom. The van der Waals surface area contributed by atoms with Crippen molar-refractivity contribution in [1.82, 2.24) is 14.3 Å². The number of hydrogen-bond acceptors (Lipinski definition) is 5. The van der Waals surface area contributed by atoms with Crippen molar-refractivity contribution in [2.45, 2.75) is 0 Å². The van der Waals surface area contributed by atoms with E-state index in [0.717, 1.165) is 10.9 Å². The molecule has 8 nitrogen and oxygen atoms in total. The summed E-state index contributed by atoms with van der Waals surface area (Å²) in [7, 11) is 4.85. The molecule has 2 aromatic heterocycles. The second-order valence-corrected chi connectivity index (χ2v) is 8.28. The van der Waals surface area contributed by atoms with Gasteiger partial charge in [0.2, 0.25) is 0 Å². The van der Waals surface area contributed by atoms with Crippen LogP contribution in [0.15, 0.2) is 71.5 Å². The van der Waals surface area contributed by atoms with Crippen LogP contribution in [0.5, 0.6) is 11.5 Å². The van der Waals surface area contributed by atoms with Gasteiger partial charge in [-0.15, -0.1) is 0 Å². The van der Waals surface area contributed by atoms with Crippen LogP contribution in [0.2, 0.25) is 5.02 Å². The van der Waals surface area contributed by atoms with Crippen LogP contribution < -0.4 is 20.3 Å². The van der Waals surface area contributed by atoms with E-state index in [2.05, 4.69) is 10.4 Å². The lowest BCUT2D eigenvalue weighted by molar-refractivity contribution is 0.102. The molecule has 9 heteroatoms. The quantitative estimate of drug-likeness (QED) is 0.384. The highest BCUT2D eigenvalue weighted by Crippen LogP contribution is 2.30. The number of nitrogens with one attached hydrogen (secondary N) is 1. The van der Waals surface area contributed by atoms with Gasteiger partial charge in [0, 0.05) is 35.1 Å². The largest absolute Gasteiger partial charge is 0.497 e. The van der Waals surface area contributed by atoms with Crippen molar-refractivity contribution < 1.29 is 14.3 Å². The molecule has 0 spiro atoms. The Bertz CT molecular complexity index is 1670. The van der Waals surface area contributed by atoms with Gasteiger partial charge in [0.1, 0.15) is 17.0 Å². The van der Waals surface area contributed by atoms with Crippen molar-refractivity contribution in [3.05, 3.63) is 87.8 Å². The van der Waals surface area contributed by atoms with Gasteiger partial charge in [0.05, 0.1) is 24.9 Å². The minimum Gasteiger partial charge on any atom is -0.497 e. The van der Waals surface area contributed by atoms with Gasteiger partial charge in [-0.2, -0.15) is 9.78 Å². The Morgan fingerprint density at radius 1 is 1.00 bits per heavy atom. The molecule has 0 bridgehead atoms. The molecular formula is C26H21ClN4O4. The lowest BCUT2D eigenvalue weighted by Crippen LogP contribution is -2.27. The van der Waals surface area contributed by atoms with E-state index >= 15 is 0 Å². The molecule has 0 radical (unpaired) electrons. The standard InChI is InChI=1S/C26H21ClN4O4/c1-30-20-10-5-4-9-18(20)22-23(25(32)28-15-7-6-8-17(13-15)34-2)29-31(26(33)24(22)30)16-11-12-21(35-3)19(27)14-16/h4-14H,1-3H3,(H,28,32). The Labute approximate surface area is 205 Å². The maximum atomic E-state index is 13.7. The topological polar surface area (TPSA) is 87.4 Å². The third-order valence-electron chi connectivity index (χ3n) is 5.86. The van der Waals surface area contributed by atoms with Gasteiger partial charge in [-0.1, -0.05) is 35.9 Å². The number of anilines is 1. The Balaban J connectivity index is 1.77. The summed E-state index contributed by atoms with van der Waals surface area (Å²) in [5.41, 5.74) is 1.83. The monoisotopic (exact) mass is 488 g/mol. The lowest BCUT2D eigenvalue weighted by Gasteiger charge is -2.12. The number of amides is 1. The smallest absolute Gasteiger partial charge is 0.296 e. The molecule has 0 unspecified atom stereocenters. The van der Waals surface area contributed by atoms with Gasteiger partial charge in [0.25, 0.3) is 11.5 Å². The summed E-state index contributed by atoms with van der Waals surface area (Å²) in [5, 5.41) is 8.94. The molecule has 0 aliphatic carbocycles. The van der Waals surface area contributed by atoms with E-state index in [-0.39, 0.29) is 11.3 Å². The molecule has 1 N–H and O–H groups in total. The molecule has 0 atom stereocenters. The maximum absolute atomic E-state index is 13.7. The number of fused-ring (bicyclic) bond motifs is 3. The van der Waals surface area contributed by atoms with Crippen molar-refractivity contribution in [2.75, 3.05) is 19.5 Å². The second kappa shape index (κ2) is 8.81. The molecule has 3 aromatic carbocycles. The first-order valence-corrected chi connectivity index (χ1v) is 11.1. The Hall–Kier alpha value is -4.30. The summed E-state index contributed by atoms with van der Waals surface area (Å²) in [4.78, 5) is 27.2. The highest BCUT2D eigenvalue weighted by molar-refractivity contribution is 6.32. The number of aryl methyl sites for hydroxylation is 1. The van der Waals surface area contributed by atoms with Gasteiger partial charge >= 0.3 is 0 Å². The van der Waals surface area contributed by atoms with Crippen molar-refractivity contribution in [3.63, 3.8) is 0 Å². The third kappa shape index (κ3) is 3.77. The molecule has 0 saturated carbocycles. The number of aromatic nitrogens is 3. The fourth-order valence-electron chi connectivity index (χ4n) is 4.19. The van der Waals surface area contributed by atoms with Crippen LogP contribution in [0.4, 0.5) is 5.69 Å². The predicted octanol–water partition coefficient (Wildman–Crippen LogP) is 4.80. The molecule has 35 heavy (non-hydrogen) atoms. The van der Waals surface area contributed by atoms with Crippen LogP contribution in [0.1, 0.15) is 10.5 Å². The number of hydrogen-bond donors (Lipinski definition) is 1. The zero-order valence-electron chi connectivity index (χ0n) is 19.2. The van der Waals surface area contributed by atoms with Crippen molar-refractivity contribution in [2.24, 2.45) is 7.05 Å². The molecular weight excluding hydrogens is 468 g/mol. The number of carbonyl (C=O) groups excluding carboxylic acids is 1. The summed E-state index contributed by atoms with van der Waals surface area (Å²) < 4.78 is 13.4. The van der Waals surface area contributed by atoms with Crippen LogP contribution >= 0.6 is 11.6 Å². The van der Waals surface area contributed by atoms with E-state index in [1.807, 2.05) is 24.3 Å². The van der Waals surface area contributed by atoms with E-state index < -0.39 is 5.91 Å². The van der Waals surface area contributed by atoms with Crippen molar-refractivity contribution in [3.8, 4) is 17.2 Å². The summed E-state index contributed by atoms with van der Waals surface area (Å²) in [5.74, 6) is 0.599. The zero-order valence-corrected chi connectivity index (χ0v) is 20.0. The SMILES string of the molecule is COc1cccc(NC(=O)c2nn(-c3ccc(OC)c(Cl)c3)c(=O)c3c2c2ccccc2n3C)c1. The molecule has 5 aromatic rings. The number of para-hydroxylation sites is 1. The summed E-state index contributed by atoms with van der Waals surface area (Å²) in [6.45, 7) is 0. The van der Waals surface area contributed by atoms with Gasteiger partial charge in [-0.3, -0.25) is 9.59 Å². The third-order valence-corrected chi connectivity index (χ3v) is 6.16. The average Bonchev–Trinajstić information content (AvgIpc) is 3.17. The Morgan fingerprint density at radius 3 is 2.54 bits per heavy atom. The second-order valence-electron chi connectivity index (χ2n) is 7.87. The highest BCUT2D eigenvalue weighted by Gasteiger charge is 2.24. The number of ether oxygens (including phenoxy) is 2. The van der Waals surface area contributed by atoms with Crippen LogP contribution in [-0.2, 0) is 7.05 Å². The average molecular weight is 489 g/mol. The molecule has 176 valence electrons. The number of benzene rings is 3. The molecule has 5 rings (SSSR count). The van der Waals surface area contributed by atoms with Crippen molar-refractivity contribution in [1.29, 1.82) is 0 Å². The van der Waals surface area contributed by atoms with Gasteiger partial charge in [-0.05, 0) is 36.4 Å². The molecule has 0 aliphatic heterocycles. The highest BCUT2D eigenvalue weighted by atomic mass is 35.5. The normalized spacial score (nSPS) is 11.1. The number of rotatable bonds is 5. The van der Waals surface area contributed by atoms with Crippen LogP contribution in [0.3, 0.4) is 0 Å². The number of halogens is 1. The maximum Gasteiger partial charge on any atom is 0.296 e. The van der Waals surface area contributed by atoms with Gasteiger partial charge in [-0.25, -0.2) is 0 Å². The lowest BCUT2D eigenvalue weighted by atomic mass is 10.1. The van der Waals surface area contributed by atoms with E-state index in [1.54, 1.807) is 61.2 Å².